The van der Waals surface area contributed by atoms with Crippen LogP contribution in [0, 0.1) is 5.41 Å². The molecule has 0 fully saturated rings. The largest absolute Gasteiger partial charge is 0.369 e. The van der Waals surface area contributed by atoms with Gasteiger partial charge in [-0.05, 0) is 12.8 Å². The van der Waals surface area contributed by atoms with E-state index in [9.17, 15) is 14.4 Å². The molecular formula is C21H40N2O3. The fourth-order valence-corrected chi connectivity index (χ4v) is 3.53. The molecule has 0 unspecified atom stereocenters. The minimum Gasteiger partial charge on any atom is -0.369 e. The van der Waals surface area contributed by atoms with Crippen LogP contribution in [0.15, 0.2) is 0 Å². The van der Waals surface area contributed by atoms with Crippen LogP contribution in [0.5, 0.6) is 0 Å². The molecule has 0 radical (unpaired) electrons. The molecule has 0 spiro atoms. The fourth-order valence-electron chi connectivity index (χ4n) is 3.53. The lowest BCUT2D eigenvalue weighted by Crippen LogP contribution is -2.45. The highest BCUT2D eigenvalue weighted by Gasteiger charge is 2.43. The predicted octanol–water partition coefficient (Wildman–Crippen LogP) is 4.40. The molecule has 0 aliphatic heterocycles. The molecule has 0 aromatic carbocycles. The van der Waals surface area contributed by atoms with Crippen LogP contribution in [0.1, 0.15) is 110 Å². The molecule has 0 aromatic rings. The lowest BCUT2D eigenvalue weighted by Gasteiger charge is -2.29. The van der Waals surface area contributed by atoms with Crippen molar-refractivity contribution in [3.05, 3.63) is 0 Å². The van der Waals surface area contributed by atoms with Crippen molar-refractivity contribution in [2.24, 2.45) is 16.9 Å². The number of primary amides is 2. The Balaban J connectivity index is 4.76. The number of hydrogen-bond donors (Lipinski definition) is 2. The molecule has 0 atom stereocenters. The lowest BCUT2D eigenvalue weighted by molar-refractivity contribution is -0.142. The molecule has 0 saturated carbocycles. The molecule has 0 aliphatic rings. The Labute approximate surface area is 159 Å². The molecule has 0 aromatic heterocycles. The summed E-state index contributed by atoms with van der Waals surface area (Å²) >= 11 is 0. The second-order valence-corrected chi connectivity index (χ2v) is 7.55. The van der Waals surface area contributed by atoms with Gasteiger partial charge in [0.05, 0.1) is 6.42 Å². The van der Waals surface area contributed by atoms with E-state index in [0.717, 1.165) is 38.5 Å². The maximum atomic E-state index is 12.6. The number of unbranched alkanes of at least 4 members (excludes halogenated alkanes) is 10. The summed E-state index contributed by atoms with van der Waals surface area (Å²) in [5, 5.41) is 0. The molecule has 0 saturated heterocycles. The first-order valence-corrected chi connectivity index (χ1v) is 10.5. The lowest BCUT2D eigenvalue weighted by atomic mass is 9.72. The Morgan fingerprint density at radius 2 is 1.04 bits per heavy atom. The number of carbonyl (C=O) groups is 3. The van der Waals surface area contributed by atoms with Crippen molar-refractivity contribution in [2.75, 3.05) is 0 Å². The summed E-state index contributed by atoms with van der Waals surface area (Å²) in [5.74, 6) is -1.67. The Morgan fingerprint density at radius 3 is 1.38 bits per heavy atom. The van der Waals surface area contributed by atoms with Crippen LogP contribution in [0.3, 0.4) is 0 Å². The van der Waals surface area contributed by atoms with E-state index in [1.165, 1.54) is 38.5 Å². The Morgan fingerprint density at radius 1 is 0.654 bits per heavy atom. The van der Waals surface area contributed by atoms with Crippen molar-refractivity contribution in [1.29, 1.82) is 0 Å². The van der Waals surface area contributed by atoms with Crippen molar-refractivity contribution in [3.63, 3.8) is 0 Å². The molecule has 0 aliphatic carbocycles. The molecule has 26 heavy (non-hydrogen) atoms. The highest BCUT2D eigenvalue weighted by atomic mass is 16.2. The van der Waals surface area contributed by atoms with Gasteiger partial charge in [0.25, 0.3) is 0 Å². The zero-order valence-corrected chi connectivity index (χ0v) is 17.0. The SMILES string of the molecule is CCCCCCCCC(CCCCCCCC)(C(N)=O)C(=O)CC(N)=O. The first-order chi connectivity index (χ1) is 12.4. The van der Waals surface area contributed by atoms with Crippen LogP contribution < -0.4 is 11.5 Å². The third-order valence-electron chi connectivity index (χ3n) is 5.25. The van der Waals surface area contributed by atoms with Gasteiger partial charge in [0, 0.05) is 0 Å². The minimum absolute atomic E-state index is 0.389. The number of nitrogens with two attached hydrogens (primary N) is 2. The van der Waals surface area contributed by atoms with Gasteiger partial charge in [-0.1, -0.05) is 90.9 Å². The fraction of sp³-hybridized carbons (Fsp3) is 0.857. The molecule has 0 bridgehead atoms. The Hall–Kier alpha value is -1.39. The van der Waals surface area contributed by atoms with Crippen molar-refractivity contribution in [2.45, 2.75) is 110 Å². The number of Topliss-reactive ketones (excluding diaryl/α,β-unsaturated/α-hetero) is 1. The zero-order valence-electron chi connectivity index (χ0n) is 17.0. The van der Waals surface area contributed by atoms with E-state index >= 15 is 0 Å². The van der Waals surface area contributed by atoms with E-state index in [4.69, 9.17) is 11.5 Å². The monoisotopic (exact) mass is 368 g/mol. The quantitative estimate of drug-likeness (QED) is 0.277. The van der Waals surface area contributed by atoms with Crippen molar-refractivity contribution >= 4 is 17.6 Å². The number of amides is 2. The third kappa shape index (κ3) is 9.93. The van der Waals surface area contributed by atoms with Crippen LogP contribution in [0.4, 0.5) is 0 Å². The first-order valence-electron chi connectivity index (χ1n) is 10.5. The van der Waals surface area contributed by atoms with Gasteiger partial charge in [-0.25, -0.2) is 0 Å². The highest BCUT2D eigenvalue weighted by Crippen LogP contribution is 2.34. The highest BCUT2D eigenvalue weighted by molar-refractivity contribution is 6.11. The van der Waals surface area contributed by atoms with Gasteiger partial charge < -0.3 is 11.5 Å². The second-order valence-electron chi connectivity index (χ2n) is 7.55. The molecular weight excluding hydrogens is 328 g/mol. The standard InChI is InChI=1S/C21H40N2O3/c1-3-5-7-9-11-13-15-21(20(23)26,18(24)17-19(22)25)16-14-12-10-8-6-4-2/h3-17H2,1-2H3,(H2,22,25)(H2,23,26). The first kappa shape index (κ1) is 24.6. The zero-order chi connectivity index (χ0) is 19.8. The van der Waals surface area contributed by atoms with Gasteiger partial charge in [-0.2, -0.15) is 0 Å². The summed E-state index contributed by atoms with van der Waals surface area (Å²) < 4.78 is 0. The van der Waals surface area contributed by atoms with Gasteiger partial charge in [0.1, 0.15) is 5.41 Å². The van der Waals surface area contributed by atoms with E-state index in [1.54, 1.807) is 0 Å². The number of ketones is 1. The molecule has 0 rings (SSSR count). The minimum atomic E-state index is -1.22. The molecule has 152 valence electrons. The van der Waals surface area contributed by atoms with Crippen LogP contribution >= 0.6 is 0 Å². The van der Waals surface area contributed by atoms with Gasteiger partial charge in [-0.15, -0.1) is 0 Å². The van der Waals surface area contributed by atoms with E-state index in [1.807, 2.05) is 0 Å². The molecule has 5 nitrogen and oxygen atoms in total. The third-order valence-corrected chi connectivity index (χ3v) is 5.25. The van der Waals surface area contributed by atoms with Crippen molar-refractivity contribution in [1.82, 2.24) is 0 Å². The summed E-state index contributed by atoms with van der Waals surface area (Å²) in [6, 6.07) is 0. The average Bonchev–Trinajstić information content (AvgIpc) is 2.58. The molecule has 5 heteroatoms. The normalized spacial score (nSPS) is 11.5. The number of rotatable bonds is 18. The van der Waals surface area contributed by atoms with Gasteiger partial charge in [0.2, 0.25) is 11.8 Å². The van der Waals surface area contributed by atoms with E-state index in [-0.39, 0.29) is 5.78 Å². The van der Waals surface area contributed by atoms with Gasteiger partial charge in [0.15, 0.2) is 5.78 Å². The second kappa shape index (κ2) is 14.7. The maximum absolute atomic E-state index is 12.6. The van der Waals surface area contributed by atoms with Crippen molar-refractivity contribution in [3.8, 4) is 0 Å². The van der Waals surface area contributed by atoms with Crippen LogP contribution in [0.2, 0.25) is 0 Å². The summed E-state index contributed by atoms with van der Waals surface area (Å²) in [4.78, 5) is 36.1. The predicted molar refractivity (Wildman–Crippen MR) is 106 cm³/mol. The van der Waals surface area contributed by atoms with Gasteiger partial charge in [-0.3, -0.25) is 14.4 Å². The van der Waals surface area contributed by atoms with Crippen LogP contribution in [0.25, 0.3) is 0 Å². The average molecular weight is 369 g/mol. The molecule has 4 N–H and O–H groups in total. The summed E-state index contributed by atoms with van der Waals surface area (Å²) in [6.45, 7) is 4.34. The summed E-state index contributed by atoms with van der Waals surface area (Å²) in [7, 11) is 0. The smallest absolute Gasteiger partial charge is 0.231 e. The van der Waals surface area contributed by atoms with E-state index < -0.39 is 23.7 Å². The maximum Gasteiger partial charge on any atom is 0.231 e. The number of hydrogen-bond acceptors (Lipinski definition) is 3. The number of carbonyl (C=O) groups excluding carboxylic acids is 3. The molecule has 2 amide bonds. The van der Waals surface area contributed by atoms with E-state index in [2.05, 4.69) is 13.8 Å². The molecule has 0 heterocycles. The Kier molecular flexibility index (Phi) is 14.0. The van der Waals surface area contributed by atoms with Crippen LogP contribution in [-0.2, 0) is 14.4 Å². The summed E-state index contributed by atoms with van der Waals surface area (Å²) in [5.41, 5.74) is 9.64. The van der Waals surface area contributed by atoms with Crippen LogP contribution in [-0.4, -0.2) is 17.6 Å². The topological polar surface area (TPSA) is 103 Å². The van der Waals surface area contributed by atoms with Crippen molar-refractivity contribution < 1.29 is 14.4 Å². The van der Waals surface area contributed by atoms with E-state index in [0.29, 0.717) is 12.8 Å². The van der Waals surface area contributed by atoms with Gasteiger partial charge >= 0.3 is 0 Å². The Bertz CT molecular complexity index is 405. The summed E-state index contributed by atoms with van der Waals surface area (Å²) in [6.07, 6.45) is 13.3.